The smallest absolute Gasteiger partial charge is 0.325 e. The van der Waals surface area contributed by atoms with E-state index in [1.165, 1.54) is 0 Å². The van der Waals surface area contributed by atoms with Crippen molar-refractivity contribution >= 4 is 17.4 Å². The van der Waals surface area contributed by atoms with Crippen LogP contribution >= 0.6 is 11.8 Å². The van der Waals surface area contributed by atoms with Crippen LogP contribution in [-0.4, -0.2) is 20.9 Å². The molecule has 6 nitrogen and oxygen atoms in total. The molecule has 3 aromatic rings. The minimum absolute atomic E-state index is 0.160. The quantitative estimate of drug-likeness (QED) is 0.337. The minimum atomic E-state index is -0.380. The monoisotopic (exact) mass is 395 g/mol. The molecule has 2 heterocycles. The number of hydrogen-bond donors (Lipinski definition) is 3. The van der Waals surface area contributed by atoms with E-state index in [9.17, 15) is 9.90 Å². The summed E-state index contributed by atoms with van der Waals surface area (Å²) in [6.07, 6.45) is 3.03. The summed E-state index contributed by atoms with van der Waals surface area (Å²) in [5.74, 6) is 1.09. The molecular weight excluding hydrogens is 372 g/mol. The summed E-state index contributed by atoms with van der Waals surface area (Å²) in [6, 6.07) is 14.7. The summed E-state index contributed by atoms with van der Waals surface area (Å²) in [7, 11) is 0. The fourth-order valence-electron chi connectivity index (χ4n) is 3.39. The average Bonchev–Trinajstić information content (AvgIpc) is 2.70. The second kappa shape index (κ2) is 8.06. The predicted octanol–water partition coefficient (Wildman–Crippen LogP) is 3.68. The van der Waals surface area contributed by atoms with Crippen molar-refractivity contribution in [1.82, 2.24) is 10.1 Å². The van der Waals surface area contributed by atoms with Gasteiger partial charge in [-0.05, 0) is 41.4 Å². The summed E-state index contributed by atoms with van der Waals surface area (Å²) in [5.41, 5.74) is 2.87. The first-order chi connectivity index (χ1) is 13.7. The Labute approximate surface area is 167 Å². The number of anilines is 1. The Morgan fingerprint density at radius 1 is 1.18 bits per heavy atom. The molecule has 1 aliphatic heterocycles. The standard InChI is InChI=1S/C21H22N4O2S/c1-2-3-6-12-28-21-23-20(27)18-16-10-4-5-11-17(16)22-19(25(18)24-21)14-8-7-9-15(26)13-14/h4-5,7-11,13,19H,2-3,6,12H2,1H3,(H2,23,24,26,27)/p+1/t19-/m1/s1. The molecule has 3 N–H and O–H groups in total. The molecule has 0 saturated carbocycles. The number of hydrogen-bond acceptors (Lipinski definition) is 5. The van der Waals surface area contributed by atoms with Gasteiger partial charge in [-0.15, -0.1) is 0 Å². The average molecular weight is 396 g/mol. The third-order valence-electron chi connectivity index (χ3n) is 4.75. The minimum Gasteiger partial charge on any atom is -0.508 e. The van der Waals surface area contributed by atoms with Crippen molar-refractivity contribution in [3.63, 3.8) is 0 Å². The van der Waals surface area contributed by atoms with Gasteiger partial charge in [0.05, 0.1) is 11.3 Å². The molecule has 28 heavy (non-hydrogen) atoms. The van der Waals surface area contributed by atoms with Gasteiger partial charge >= 0.3 is 11.3 Å². The SMILES string of the molecule is CCCCCSc1n[n+]2c(c(=O)[nH]1)-c1ccccc1N[C@H]2c1cccc(O)c1. The Kier molecular flexibility index (Phi) is 5.34. The fraction of sp³-hybridized carbons (Fsp3) is 0.286. The highest BCUT2D eigenvalue weighted by molar-refractivity contribution is 7.99. The zero-order chi connectivity index (χ0) is 19.5. The second-order valence-electron chi connectivity index (χ2n) is 6.80. The van der Waals surface area contributed by atoms with Gasteiger partial charge in [-0.3, -0.25) is 9.78 Å². The molecule has 144 valence electrons. The van der Waals surface area contributed by atoms with Gasteiger partial charge in [-0.2, -0.15) is 0 Å². The van der Waals surface area contributed by atoms with Gasteiger partial charge in [0, 0.05) is 16.4 Å². The predicted molar refractivity (Wildman–Crippen MR) is 111 cm³/mol. The van der Waals surface area contributed by atoms with Crippen molar-refractivity contribution in [3.05, 3.63) is 64.4 Å². The van der Waals surface area contributed by atoms with Crippen LogP contribution < -0.4 is 15.6 Å². The van der Waals surface area contributed by atoms with Crippen LogP contribution in [-0.2, 0) is 0 Å². The number of unbranched alkanes of at least 4 members (excludes halogenated alkanes) is 2. The topological polar surface area (TPSA) is 81.9 Å². The van der Waals surface area contributed by atoms with Crippen LogP contribution in [0.25, 0.3) is 11.3 Å². The first kappa shape index (κ1) is 18.6. The van der Waals surface area contributed by atoms with E-state index in [1.807, 2.05) is 30.3 Å². The molecule has 0 fully saturated rings. The Morgan fingerprint density at radius 2 is 2.04 bits per heavy atom. The maximum atomic E-state index is 13.0. The van der Waals surface area contributed by atoms with Crippen molar-refractivity contribution in [2.24, 2.45) is 0 Å². The first-order valence-electron chi connectivity index (χ1n) is 9.51. The number of para-hydroxylation sites is 1. The third kappa shape index (κ3) is 3.62. The molecule has 1 aromatic heterocycles. The molecule has 0 radical (unpaired) electrons. The first-order valence-corrected chi connectivity index (χ1v) is 10.5. The van der Waals surface area contributed by atoms with E-state index >= 15 is 0 Å². The number of H-pyrrole nitrogens is 1. The van der Waals surface area contributed by atoms with Crippen LogP contribution in [0.3, 0.4) is 0 Å². The van der Waals surface area contributed by atoms with Crippen LogP contribution in [0.2, 0.25) is 0 Å². The van der Waals surface area contributed by atoms with E-state index in [4.69, 9.17) is 5.10 Å². The van der Waals surface area contributed by atoms with Crippen molar-refractivity contribution in [2.75, 3.05) is 11.1 Å². The van der Waals surface area contributed by atoms with Gasteiger partial charge in [0.2, 0.25) is 5.16 Å². The molecule has 0 amide bonds. The number of rotatable bonds is 6. The molecule has 1 aliphatic rings. The zero-order valence-electron chi connectivity index (χ0n) is 15.7. The molecule has 0 aliphatic carbocycles. The van der Waals surface area contributed by atoms with Crippen molar-refractivity contribution in [3.8, 4) is 17.0 Å². The second-order valence-corrected chi connectivity index (χ2v) is 7.88. The number of nitrogens with one attached hydrogen (secondary N) is 2. The highest BCUT2D eigenvalue weighted by atomic mass is 32.2. The lowest BCUT2D eigenvalue weighted by Crippen LogP contribution is -2.55. The Bertz CT molecular complexity index is 1050. The highest BCUT2D eigenvalue weighted by Gasteiger charge is 2.37. The number of phenols is 1. The summed E-state index contributed by atoms with van der Waals surface area (Å²) in [5, 5.41) is 18.7. The summed E-state index contributed by atoms with van der Waals surface area (Å²) in [4.78, 5) is 15.9. The number of aromatic amines is 1. The number of aromatic hydroxyl groups is 1. The summed E-state index contributed by atoms with van der Waals surface area (Å²) < 4.78 is 1.73. The van der Waals surface area contributed by atoms with Crippen molar-refractivity contribution in [1.29, 1.82) is 0 Å². The summed E-state index contributed by atoms with van der Waals surface area (Å²) in [6.45, 7) is 2.17. The molecule has 1 atom stereocenters. The van der Waals surface area contributed by atoms with Crippen molar-refractivity contribution < 1.29 is 9.79 Å². The van der Waals surface area contributed by atoms with Gasteiger partial charge in [0.25, 0.3) is 6.17 Å². The maximum Gasteiger partial charge on any atom is 0.325 e. The number of fused-ring (bicyclic) bond motifs is 3. The number of thioether (sulfide) groups is 1. The molecule has 7 heteroatoms. The fourth-order valence-corrected chi connectivity index (χ4v) is 4.25. The molecule has 0 spiro atoms. The van der Waals surface area contributed by atoms with E-state index in [0.717, 1.165) is 41.8 Å². The molecule has 4 rings (SSSR count). The number of aromatic nitrogens is 3. The third-order valence-corrected chi connectivity index (χ3v) is 5.70. The molecule has 2 aromatic carbocycles. The van der Waals surface area contributed by atoms with Crippen LogP contribution in [0.15, 0.2) is 58.5 Å². The van der Waals surface area contributed by atoms with E-state index < -0.39 is 0 Å². The Hall–Kier alpha value is -2.80. The lowest BCUT2D eigenvalue weighted by Gasteiger charge is -2.22. The number of benzene rings is 2. The number of phenolic OH excluding ortho intramolecular Hbond substituents is 1. The van der Waals surface area contributed by atoms with Gasteiger partial charge < -0.3 is 10.4 Å². The van der Waals surface area contributed by atoms with Crippen LogP contribution in [0, 0.1) is 0 Å². The van der Waals surface area contributed by atoms with Crippen molar-refractivity contribution in [2.45, 2.75) is 37.5 Å². The molecule has 0 unspecified atom stereocenters. The lowest BCUT2D eigenvalue weighted by molar-refractivity contribution is -0.759. The zero-order valence-corrected chi connectivity index (χ0v) is 16.5. The molecule has 0 bridgehead atoms. The Balaban J connectivity index is 1.80. The van der Waals surface area contributed by atoms with E-state index in [0.29, 0.717) is 10.9 Å². The van der Waals surface area contributed by atoms with Gasteiger partial charge in [-0.1, -0.05) is 49.7 Å². The molecule has 0 saturated heterocycles. The summed E-state index contributed by atoms with van der Waals surface area (Å²) >= 11 is 1.56. The Morgan fingerprint density at radius 3 is 2.86 bits per heavy atom. The van der Waals surface area contributed by atoms with Crippen LogP contribution in [0.4, 0.5) is 5.69 Å². The van der Waals surface area contributed by atoms with Gasteiger partial charge in [0.15, 0.2) is 0 Å². The maximum absolute atomic E-state index is 13.0. The van der Waals surface area contributed by atoms with Gasteiger partial charge in [0.1, 0.15) is 5.75 Å². The van der Waals surface area contributed by atoms with E-state index in [2.05, 4.69) is 17.2 Å². The molecular formula is C21H23N4O2S+. The number of nitrogens with zero attached hydrogens (tertiary/aromatic N) is 2. The highest BCUT2D eigenvalue weighted by Crippen LogP contribution is 2.32. The van der Waals surface area contributed by atoms with E-state index in [1.54, 1.807) is 34.6 Å². The normalized spacial score (nSPS) is 14.8. The van der Waals surface area contributed by atoms with Crippen LogP contribution in [0.1, 0.15) is 37.9 Å². The van der Waals surface area contributed by atoms with Crippen LogP contribution in [0.5, 0.6) is 5.75 Å². The van der Waals surface area contributed by atoms with Gasteiger partial charge in [-0.25, -0.2) is 0 Å². The largest absolute Gasteiger partial charge is 0.508 e. The van der Waals surface area contributed by atoms with E-state index in [-0.39, 0.29) is 17.5 Å². The lowest BCUT2D eigenvalue weighted by atomic mass is 10.0.